The molecule has 1 aromatic heterocycles. The predicted molar refractivity (Wildman–Crippen MR) is 148 cm³/mol. The van der Waals surface area contributed by atoms with Crippen molar-refractivity contribution in [2.75, 3.05) is 32.7 Å². The van der Waals surface area contributed by atoms with Gasteiger partial charge in [0.2, 0.25) is 11.8 Å². The Bertz CT molecular complexity index is 1320. The number of nitrogens with one attached hydrogen (secondary N) is 2. The molecular weight excluding hydrogens is 560 g/mol. The van der Waals surface area contributed by atoms with Crippen molar-refractivity contribution in [2.45, 2.75) is 69.2 Å². The fourth-order valence-corrected chi connectivity index (χ4v) is 8.53. The number of hydrogen-bond donors (Lipinski definition) is 2. The molecule has 2 amide bonds. The third kappa shape index (κ3) is 7.42. The van der Waals surface area contributed by atoms with Crippen molar-refractivity contribution in [1.82, 2.24) is 24.8 Å². The molecule has 3 heterocycles. The Labute approximate surface area is 238 Å². The maximum Gasteiger partial charge on any atom is 0.254 e. The Morgan fingerprint density at radius 1 is 1.23 bits per heavy atom. The van der Waals surface area contributed by atoms with E-state index in [1.54, 1.807) is 18.7 Å². The van der Waals surface area contributed by atoms with Crippen molar-refractivity contribution >= 4 is 33.2 Å². The summed E-state index contributed by atoms with van der Waals surface area (Å²) < 4.78 is 56.3. The number of rotatable bonds is 11. The van der Waals surface area contributed by atoms with Gasteiger partial charge in [-0.1, -0.05) is 13.3 Å². The highest BCUT2D eigenvalue weighted by molar-refractivity contribution is 7.91. The molecule has 13 heteroatoms. The van der Waals surface area contributed by atoms with Crippen molar-refractivity contribution in [1.29, 1.82) is 0 Å². The third-order valence-corrected chi connectivity index (χ3v) is 10.9. The number of nitrogens with zero attached hydrogens (tertiary/aromatic N) is 3. The van der Waals surface area contributed by atoms with Crippen LogP contribution in [0.15, 0.2) is 22.4 Å². The van der Waals surface area contributed by atoms with Crippen LogP contribution in [0.1, 0.15) is 48.9 Å². The summed E-state index contributed by atoms with van der Waals surface area (Å²) >= 11 is 1.14. The van der Waals surface area contributed by atoms with Gasteiger partial charge in [0.05, 0.1) is 16.6 Å². The topological polar surface area (TPSA) is 112 Å². The van der Waals surface area contributed by atoms with E-state index in [0.717, 1.165) is 30.2 Å². The fraction of sp³-hybridized carbons (Fsp3) is 0.593. The van der Waals surface area contributed by atoms with Crippen molar-refractivity contribution in [3.63, 3.8) is 0 Å². The van der Waals surface area contributed by atoms with Gasteiger partial charge in [-0.15, -0.1) is 11.3 Å². The van der Waals surface area contributed by atoms with Crippen LogP contribution in [-0.4, -0.2) is 79.2 Å². The quantitative estimate of drug-likeness (QED) is 0.412. The molecule has 2 aliphatic rings. The number of amides is 2. The van der Waals surface area contributed by atoms with Crippen molar-refractivity contribution in [3.8, 4) is 0 Å². The summed E-state index contributed by atoms with van der Waals surface area (Å²) in [6, 6.07) is 2.40. The van der Waals surface area contributed by atoms with E-state index < -0.39 is 33.6 Å². The number of piperazine rings is 1. The molecule has 2 fully saturated rings. The number of thiazole rings is 1. The summed E-state index contributed by atoms with van der Waals surface area (Å²) in [5.41, 5.74) is 0.848. The van der Waals surface area contributed by atoms with Crippen molar-refractivity contribution in [2.24, 2.45) is 5.92 Å². The number of aryl methyl sites for hydroxylation is 2. The Hall–Kier alpha value is -2.48. The highest BCUT2D eigenvalue weighted by Crippen LogP contribution is 2.28. The number of aromatic nitrogens is 1. The van der Waals surface area contributed by atoms with Crippen molar-refractivity contribution in [3.05, 3.63) is 46.1 Å². The second-order valence-electron chi connectivity index (χ2n) is 10.6. The fourth-order valence-electron chi connectivity index (χ4n) is 5.42. The molecule has 40 heavy (non-hydrogen) atoms. The van der Waals surface area contributed by atoms with E-state index in [2.05, 4.69) is 15.6 Å². The Balaban J connectivity index is 1.49. The van der Waals surface area contributed by atoms with Crippen LogP contribution in [0.5, 0.6) is 0 Å². The highest BCUT2D eigenvalue weighted by Gasteiger charge is 2.37. The maximum absolute atomic E-state index is 14.0. The zero-order valence-electron chi connectivity index (χ0n) is 23.1. The summed E-state index contributed by atoms with van der Waals surface area (Å²) in [6.45, 7) is 7.31. The smallest absolute Gasteiger partial charge is 0.254 e. The minimum Gasteiger partial charge on any atom is -0.353 e. The number of halogens is 2. The number of likely N-dealkylation sites (tertiary alicyclic amines) is 1. The second-order valence-corrected chi connectivity index (χ2v) is 14.0. The lowest BCUT2D eigenvalue weighted by Crippen LogP contribution is -2.55. The summed E-state index contributed by atoms with van der Waals surface area (Å²) in [7, 11) is -3.75. The first-order chi connectivity index (χ1) is 19.0. The molecule has 2 aliphatic heterocycles. The van der Waals surface area contributed by atoms with Gasteiger partial charge in [0.15, 0.2) is 4.21 Å². The number of carbonyl (C=O) groups excluding carboxylic acids is 2. The van der Waals surface area contributed by atoms with Gasteiger partial charge >= 0.3 is 0 Å². The molecular formula is C27H37F2N5O4S2. The highest BCUT2D eigenvalue weighted by atomic mass is 32.2. The maximum atomic E-state index is 14.0. The molecule has 2 saturated heterocycles. The summed E-state index contributed by atoms with van der Waals surface area (Å²) in [6.07, 6.45) is 2.41. The van der Waals surface area contributed by atoms with Crippen LogP contribution in [0.2, 0.25) is 0 Å². The first-order valence-corrected chi connectivity index (χ1v) is 15.9. The van der Waals surface area contributed by atoms with Gasteiger partial charge in [-0.2, -0.15) is 4.31 Å². The molecule has 0 bridgehead atoms. The second kappa shape index (κ2) is 13.0. The average molecular weight is 598 g/mol. The predicted octanol–water partition coefficient (Wildman–Crippen LogP) is 2.77. The molecule has 2 unspecified atom stereocenters. The molecule has 0 aliphatic carbocycles. The monoisotopic (exact) mass is 597 g/mol. The number of benzene rings is 1. The molecule has 220 valence electrons. The lowest BCUT2D eigenvalue weighted by molar-refractivity contribution is -0.129. The molecule has 4 rings (SSSR count). The van der Waals surface area contributed by atoms with Crippen LogP contribution in [0, 0.1) is 31.4 Å². The van der Waals surface area contributed by atoms with Crippen LogP contribution < -0.4 is 10.6 Å². The summed E-state index contributed by atoms with van der Waals surface area (Å²) in [5.74, 6) is -2.27. The molecule has 1 aromatic carbocycles. The average Bonchev–Trinajstić information content (AvgIpc) is 3.43. The number of hydrogen-bond acceptors (Lipinski definition) is 7. The van der Waals surface area contributed by atoms with Gasteiger partial charge in [-0.3, -0.25) is 9.59 Å². The van der Waals surface area contributed by atoms with Gasteiger partial charge in [-0.05, 0) is 50.8 Å². The van der Waals surface area contributed by atoms with Crippen molar-refractivity contribution < 1.29 is 26.8 Å². The Morgan fingerprint density at radius 2 is 1.95 bits per heavy atom. The largest absolute Gasteiger partial charge is 0.353 e. The lowest BCUT2D eigenvalue weighted by Gasteiger charge is -2.35. The van der Waals surface area contributed by atoms with E-state index in [9.17, 15) is 26.8 Å². The SMILES string of the molecule is CCCCN1CC(C(=O)NC(Cc2cc(F)cc(F)c2)C[C@H]2CN(S(=O)(=O)c3sc(C)nc3C)CCN2)CC1=O. The van der Waals surface area contributed by atoms with E-state index in [1.165, 1.54) is 16.4 Å². The molecule has 0 spiro atoms. The Kier molecular flexibility index (Phi) is 9.91. The zero-order valence-corrected chi connectivity index (χ0v) is 24.7. The number of unbranched alkanes of at least 4 members (excludes halogenated alkanes) is 1. The summed E-state index contributed by atoms with van der Waals surface area (Å²) in [4.78, 5) is 31.7. The van der Waals surface area contributed by atoms with E-state index >= 15 is 0 Å². The van der Waals surface area contributed by atoms with Crippen LogP contribution >= 0.6 is 11.3 Å². The van der Waals surface area contributed by atoms with Gasteiger partial charge in [0.25, 0.3) is 10.0 Å². The van der Waals surface area contributed by atoms with Crippen LogP contribution in [0.25, 0.3) is 0 Å². The van der Waals surface area contributed by atoms with Crippen LogP contribution in [0.3, 0.4) is 0 Å². The normalized spacial score (nSPS) is 21.1. The zero-order chi connectivity index (χ0) is 29.0. The third-order valence-electron chi connectivity index (χ3n) is 7.34. The van der Waals surface area contributed by atoms with E-state index in [-0.39, 0.29) is 41.5 Å². The van der Waals surface area contributed by atoms with Gasteiger partial charge in [0, 0.05) is 57.3 Å². The minimum absolute atomic E-state index is 0.0549. The standard InChI is InChI=1S/C27H37F2N5O4S2/c1-4-5-7-33-15-20(12-25(33)35)26(36)32-23(11-19-9-21(28)13-22(29)10-19)14-24-16-34(8-6-30-24)40(37,38)27-17(2)31-18(3)39-27/h9-10,13,20,23-24,30H,4-8,11-12,14-16H2,1-3H3,(H,32,36)/t20?,23?,24-/m0/s1. The van der Waals surface area contributed by atoms with Crippen LogP contribution in [0.4, 0.5) is 8.78 Å². The van der Waals surface area contributed by atoms with Gasteiger partial charge < -0.3 is 15.5 Å². The molecule has 3 atom stereocenters. The summed E-state index contributed by atoms with van der Waals surface area (Å²) in [5, 5.41) is 7.01. The van der Waals surface area contributed by atoms with Gasteiger partial charge in [0.1, 0.15) is 11.6 Å². The van der Waals surface area contributed by atoms with Crippen LogP contribution in [-0.2, 0) is 26.0 Å². The first kappa shape index (κ1) is 30.5. The number of carbonyl (C=O) groups is 2. The number of sulfonamides is 1. The molecule has 2 N–H and O–H groups in total. The van der Waals surface area contributed by atoms with E-state index in [4.69, 9.17) is 0 Å². The molecule has 2 aromatic rings. The molecule has 0 radical (unpaired) electrons. The Morgan fingerprint density at radius 3 is 2.60 bits per heavy atom. The molecule has 0 saturated carbocycles. The van der Waals surface area contributed by atoms with E-state index in [1.807, 2.05) is 6.92 Å². The molecule has 9 nitrogen and oxygen atoms in total. The van der Waals surface area contributed by atoms with Gasteiger partial charge in [-0.25, -0.2) is 22.2 Å². The lowest BCUT2D eigenvalue weighted by atomic mass is 9.97. The first-order valence-electron chi connectivity index (χ1n) is 13.7. The minimum atomic E-state index is -3.75. The van der Waals surface area contributed by atoms with E-state index in [0.29, 0.717) is 48.9 Å².